The molecule has 0 bridgehead atoms. The first-order valence-corrected chi connectivity index (χ1v) is 23.4. The van der Waals surface area contributed by atoms with Crippen LogP contribution in [0, 0.1) is 0 Å². The second kappa shape index (κ2) is 48.0. The van der Waals surface area contributed by atoms with Crippen LogP contribution in [-0.2, 0) is 28.6 Å². The fourth-order valence-corrected chi connectivity index (χ4v) is 5.57. The smallest absolute Gasteiger partial charge is 0.309 e. The average Bonchev–Trinajstić information content (AvgIpc) is 3.26. The summed E-state index contributed by atoms with van der Waals surface area (Å²) in [5, 5.41) is 0. The maximum absolute atomic E-state index is 12.7. The van der Waals surface area contributed by atoms with E-state index in [9.17, 15) is 14.4 Å². The van der Waals surface area contributed by atoms with Crippen molar-refractivity contribution in [3.8, 4) is 0 Å². The van der Waals surface area contributed by atoms with Crippen molar-refractivity contribution >= 4 is 17.9 Å². The molecule has 0 amide bonds. The number of ether oxygens (including phenoxy) is 3. The number of carbonyl (C=O) groups excluding carboxylic acids is 3. The third-order valence-electron chi connectivity index (χ3n) is 8.98. The monoisotopic (exact) mass is 839 g/mol. The Hall–Kier alpha value is -4.71. The standard InChI is InChI=1S/C55H82O6/c1-4-7-10-13-16-19-21-23-25-26-27-28-30-31-33-36-39-42-45-48-54(57)60-51-52(50-59-53(56)47-44-41-38-35-18-15-12-9-6-3)61-55(58)49-46-43-40-37-34-32-29-24-22-20-17-14-11-8-5-2/h7-12,14,16-20,22-25,27-29,32,34-35,41,44,52H,4-6,13,15,21,26,30-31,33,36-40,42-43,45-51H2,1-3H3/b10-7-,11-8-,12-9-,17-14-,19-16-,22-20-,25-23-,28-27-,29-24-,34-32-,35-18-,44-41-. The molecule has 1 atom stereocenters. The van der Waals surface area contributed by atoms with Crippen LogP contribution in [-0.4, -0.2) is 37.2 Å². The SMILES string of the molecule is CC\C=C/C=C\C=C/C=C\C=C/CCCCCC(=O)OC(COC(=O)C/C=C\C/C=C\C/C=C\CC)COC(=O)CCCCCCCC/C=C\C/C=C\C/C=C\C/C=C\CC. The third-order valence-corrected chi connectivity index (χ3v) is 8.98. The van der Waals surface area contributed by atoms with Gasteiger partial charge in [0.25, 0.3) is 0 Å². The molecule has 6 nitrogen and oxygen atoms in total. The minimum absolute atomic E-state index is 0.115. The highest BCUT2D eigenvalue weighted by Gasteiger charge is 2.19. The van der Waals surface area contributed by atoms with Crippen molar-refractivity contribution in [2.75, 3.05) is 13.2 Å². The van der Waals surface area contributed by atoms with E-state index in [1.165, 1.54) is 12.8 Å². The lowest BCUT2D eigenvalue weighted by molar-refractivity contribution is -0.166. The molecular formula is C55H82O6. The molecule has 0 aliphatic carbocycles. The van der Waals surface area contributed by atoms with Crippen molar-refractivity contribution < 1.29 is 28.6 Å². The van der Waals surface area contributed by atoms with Crippen molar-refractivity contribution in [3.63, 3.8) is 0 Å². The van der Waals surface area contributed by atoms with Gasteiger partial charge in [-0.05, 0) is 89.9 Å². The Morgan fingerprint density at radius 1 is 0.361 bits per heavy atom. The van der Waals surface area contributed by atoms with Gasteiger partial charge in [0.2, 0.25) is 0 Å². The Morgan fingerprint density at radius 2 is 0.738 bits per heavy atom. The molecule has 0 fully saturated rings. The van der Waals surface area contributed by atoms with Gasteiger partial charge in [-0.15, -0.1) is 0 Å². The molecular weight excluding hydrogens is 757 g/mol. The van der Waals surface area contributed by atoms with Gasteiger partial charge in [0.15, 0.2) is 6.10 Å². The highest BCUT2D eigenvalue weighted by molar-refractivity contribution is 5.72. The van der Waals surface area contributed by atoms with Crippen LogP contribution in [0.5, 0.6) is 0 Å². The van der Waals surface area contributed by atoms with E-state index in [1.54, 1.807) is 6.08 Å². The lowest BCUT2D eigenvalue weighted by Crippen LogP contribution is -2.30. The summed E-state index contributed by atoms with van der Waals surface area (Å²) in [5.41, 5.74) is 0. The maximum Gasteiger partial charge on any atom is 0.309 e. The molecule has 0 saturated heterocycles. The van der Waals surface area contributed by atoms with E-state index in [2.05, 4.69) is 106 Å². The van der Waals surface area contributed by atoms with Crippen molar-refractivity contribution in [2.45, 2.75) is 168 Å². The number of hydrogen-bond acceptors (Lipinski definition) is 6. The van der Waals surface area contributed by atoms with E-state index in [1.807, 2.05) is 54.7 Å². The van der Waals surface area contributed by atoms with Gasteiger partial charge in [-0.1, -0.05) is 199 Å². The number of esters is 3. The fraction of sp³-hybridized carbons (Fsp3) is 0.509. The fourth-order valence-electron chi connectivity index (χ4n) is 5.57. The van der Waals surface area contributed by atoms with Gasteiger partial charge in [0.1, 0.15) is 13.2 Å². The molecule has 0 aliphatic heterocycles. The van der Waals surface area contributed by atoms with Gasteiger partial charge in [0, 0.05) is 12.8 Å². The summed E-state index contributed by atoms with van der Waals surface area (Å²) in [4.78, 5) is 37.7. The van der Waals surface area contributed by atoms with E-state index in [4.69, 9.17) is 14.2 Å². The number of carbonyl (C=O) groups is 3. The minimum Gasteiger partial charge on any atom is -0.462 e. The summed E-state index contributed by atoms with van der Waals surface area (Å²) in [6.07, 6.45) is 68.6. The predicted molar refractivity (Wildman–Crippen MR) is 260 cm³/mol. The van der Waals surface area contributed by atoms with Crippen LogP contribution in [0.2, 0.25) is 0 Å². The first-order valence-electron chi connectivity index (χ1n) is 23.4. The summed E-state index contributed by atoms with van der Waals surface area (Å²) in [6, 6.07) is 0. The van der Waals surface area contributed by atoms with Gasteiger partial charge in [0.05, 0.1) is 6.42 Å². The second-order valence-corrected chi connectivity index (χ2v) is 14.7. The highest BCUT2D eigenvalue weighted by Crippen LogP contribution is 2.11. The molecule has 1 unspecified atom stereocenters. The van der Waals surface area contributed by atoms with Gasteiger partial charge in [-0.25, -0.2) is 0 Å². The molecule has 338 valence electrons. The van der Waals surface area contributed by atoms with Gasteiger partial charge < -0.3 is 14.2 Å². The summed E-state index contributed by atoms with van der Waals surface area (Å²) in [5.74, 6) is -1.14. The normalized spacial score (nSPS) is 13.4. The van der Waals surface area contributed by atoms with Crippen molar-refractivity contribution in [1.82, 2.24) is 0 Å². The van der Waals surface area contributed by atoms with E-state index in [-0.39, 0.29) is 38.0 Å². The van der Waals surface area contributed by atoms with Crippen molar-refractivity contribution in [1.29, 1.82) is 0 Å². The summed E-state index contributed by atoms with van der Waals surface area (Å²) in [7, 11) is 0. The molecule has 0 aliphatic rings. The van der Waals surface area contributed by atoms with Gasteiger partial charge >= 0.3 is 17.9 Å². The van der Waals surface area contributed by atoms with Crippen LogP contribution in [0.3, 0.4) is 0 Å². The highest BCUT2D eigenvalue weighted by atomic mass is 16.6. The van der Waals surface area contributed by atoms with Crippen LogP contribution >= 0.6 is 0 Å². The molecule has 61 heavy (non-hydrogen) atoms. The molecule has 6 heteroatoms. The molecule has 0 radical (unpaired) electrons. The summed E-state index contributed by atoms with van der Waals surface area (Å²) < 4.78 is 16.6. The first-order chi connectivity index (χ1) is 30.0. The van der Waals surface area contributed by atoms with Crippen LogP contribution in [0.4, 0.5) is 0 Å². The molecule has 0 aromatic heterocycles. The molecule has 0 saturated carbocycles. The molecule has 0 rings (SSSR count). The Kier molecular flexibility index (Phi) is 44.3. The summed E-state index contributed by atoms with van der Waals surface area (Å²) >= 11 is 0. The Balaban J connectivity index is 4.52. The molecule has 0 spiro atoms. The van der Waals surface area contributed by atoms with E-state index < -0.39 is 12.1 Å². The van der Waals surface area contributed by atoms with Crippen LogP contribution in [0.1, 0.15) is 162 Å². The predicted octanol–water partition coefficient (Wildman–Crippen LogP) is 15.3. The number of unbranched alkanes of at least 4 members (excludes halogenated alkanes) is 9. The lowest BCUT2D eigenvalue weighted by Gasteiger charge is -2.18. The third kappa shape index (κ3) is 46.2. The molecule has 0 N–H and O–H groups in total. The topological polar surface area (TPSA) is 78.9 Å². The van der Waals surface area contributed by atoms with Crippen LogP contribution < -0.4 is 0 Å². The number of allylic oxidation sites excluding steroid dienone is 23. The molecule has 0 aromatic carbocycles. The maximum atomic E-state index is 12.7. The average molecular weight is 839 g/mol. The van der Waals surface area contributed by atoms with Crippen LogP contribution in [0.25, 0.3) is 0 Å². The number of hydrogen-bond donors (Lipinski definition) is 0. The zero-order valence-electron chi connectivity index (χ0n) is 38.4. The Bertz CT molecular complexity index is 1430. The zero-order valence-corrected chi connectivity index (χ0v) is 38.4. The van der Waals surface area contributed by atoms with E-state index in [0.717, 1.165) is 103 Å². The van der Waals surface area contributed by atoms with Gasteiger partial charge in [-0.3, -0.25) is 14.4 Å². The van der Waals surface area contributed by atoms with Gasteiger partial charge in [-0.2, -0.15) is 0 Å². The van der Waals surface area contributed by atoms with E-state index >= 15 is 0 Å². The quantitative estimate of drug-likeness (QED) is 0.0202. The van der Waals surface area contributed by atoms with Crippen molar-refractivity contribution in [2.24, 2.45) is 0 Å². The molecule has 0 aromatic rings. The zero-order chi connectivity index (χ0) is 44.4. The minimum atomic E-state index is -0.847. The summed E-state index contributed by atoms with van der Waals surface area (Å²) in [6.45, 7) is 6.07. The number of rotatable bonds is 39. The van der Waals surface area contributed by atoms with Crippen LogP contribution in [0.15, 0.2) is 146 Å². The Labute approximate surface area is 372 Å². The Morgan fingerprint density at radius 3 is 1.28 bits per heavy atom. The molecule has 0 heterocycles. The lowest BCUT2D eigenvalue weighted by atomic mass is 10.1. The second-order valence-electron chi connectivity index (χ2n) is 14.7. The van der Waals surface area contributed by atoms with E-state index in [0.29, 0.717) is 12.8 Å². The van der Waals surface area contributed by atoms with Crippen molar-refractivity contribution in [3.05, 3.63) is 146 Å². The largest absolute Gasteiger partial charge is 0.462 e. The first kappa shape index (κ1) is 56.3.